The van der Waals surface area contributed by atoms with Gasteiger partial charge in [-0.2, -0.15) is 0 Å². The first kappa shape index (κ1) is 16.0. The molecule has 0 saturated carbocycles. The van der Waals surface area contributed by atoms with E-state index in [2.05, 4.69) is 10.3 Å². The molecule has 2 heterocycles. The molecular weight excluding hydrogens is 304 g/mol. The van der Waals surface area contributed by atoms with Crippen molar-refractivity contribution in [1.82, 2.24) is 19.4 Å². The zero-order valence-electron chi connectivity index (χ0n) is 13.8. The maximum absolute atomic E-state index is 12.9. The van der Waals surface area contributed by atoms with Gasteiger partial charge in [-0.15, -0.1) is 0 Å². The molecule has 6 heteroatoms. The SMILES string of the molecule is CC(C)CNC(=O)Cn1c(=O)n(-c2ccccc2)c2ncccc21. The zero-order valence-corrected chi connectivity index (χ0v) is 13.8. The number of carbonyl (C=O) groups excluding carboxylic acids is 1. The van der Waals surface area contributed by atoms with Gasteiger partial charge >= 0.3 is 5.69 Å². The first-order valence-electron chi connectivity index (χ1n) is 7.96. The highest BCUT2D eigenvalue weighted by Crippen LogP contribution is 2.15. The van der Waals surface area contributed by atoms with E-state index in [1.54, 1.807) is 18.3 Å². The van der Waals surface area contributed by atoms with Crippen LogP contribution in [-0.2, 0) is 11.3 Å². The molecule has 6 nitrogen and oxygen atoms in total. The standard InChI is InChI=1S/C18H20N4O2/c1-13(2)11-20-16(23)12-21-15-9-6-10-19-17(15)22(18(21)24)14-7-4-3-5-8-14/h3-10,13H,11-12H2,1-2H3,(H,20,23). The number of benzene rings is 1. The number of carbonyl (C=O) groups is 1. The summed E-state index contributed by atoms with van der Waals surface area (Å²) in [6, 6.07) is 12.9. The van der Waals surface area contributed by atoms with Crippen molar-refractivity contribution < 1.29 is 4.79 Å². The van der Waals surface area contributed by atoms with Gasteiger partial charge in [-0.05, 0) is 30.2 Å². The van der Waals surface area contributed by atoms with Crippen molar-refractivity contribution >= 4 is 17.1 Å². The highest BCUT2D eigenvalue weighted by Gasteiger charge is 2.17. The second-order valence-corrected chi connectivity index (χ2v) is 6.08. The molecule has 1 amide bonds. The molecule has 0 saturated heterocycles. The first-order valence-corrected chi connectivity index (χ1v) is 7.96. The molecule has 2 aromatic heterocycles. The van der Waals surface area contributed by atoms with E-state index in [4.69, 9.17) is 0 Å². The van der Waals surface area contributed by atoms with Gasteiger partial charge in [0.15, 0.2) is 5.65 Å². The van der Waals surface area contributed by atoms with Gasteiger partial charge in [-0.3, -0.25) is 9.36 Å². The van der Waals surface area contributed by atoms with Crippen LogP contribution >= 0.6 is 0 Å². The Labute approximate surface area is 139 Å². The number of fused-ring (bicyclic) bond motifs is 1. The quantitative estimate of drug-likeness (QED) is 0.780. The molecule has 3 rings (SSSR count). The summed E-state index contributed by atoms with van der Waals surface area (Å²) >= 11 is 0. The van der Waals surface area contributed by atoms with E-state index in [1.807, 2.05) is 44.2 Å². The first-order chi connectivity index (χ1) is 11.6. The van der Waals surface area contributed by atoms with Crippen LogP contribution in [0.2, 0.25) is 0 Å². The number of nitrogens with zero attached hydrogens (tertiary/aromatic N) is 3. The van der Waals surface area contributed by atoms with E-state index in [0.29, 0.717) is 23.6 Å². The fourth-order valence-electron chi connectivity index (χ4n) is 2.57. The van der Waals surface area contributed by atoms with E-state index in [0.717, 1.165) is 5.69 Å². The molecule has 3 aromatic rings. The predicted octanol–water partition coefficient (Wildman–Crippen LogP) is 1.96. The number of imidazole rings is 1. The lowest BCUT2D eigenvalue weighted by molar-refractivity contribution is -0.121. The van der Waals surface area contributed by atoms with Gasteiger partial charge in [-0.25, -0.2) is 14.3 Å². The number of amides is 1. The Morgan fingerprint density at radius 3 is 2.62 bits per heavy atom. The van der Waals surface area contributed by atoms with Gasteiger partial charge in [0.2, 0.25) is 5.91 Å². The van der Waals surface area contributed by atoms with Crippen molar-refractivity contribution in [3.63, 3.8) is 0 Å². The number of nitrogens with one attached hydrogen (secondary N) is 1. The third-order valence-electron chi connectivity index (χ3n) is 3.71. The molecule has 0 spiro atoms. The molecule has 0 aliphatic rings. The normalized spacial score (nSPS) is 11.1. The Kier molecular flexibility index (Phi) is 4.46. The number of hydrogen-bond acceptors (Lipinski definition) is 3. The molecule has 1 N–H and O–H groups in total. The molecule has 1 aromatic carbocycles. The van der Waals surface area contributed by atoms with Crippen LogP contribution in [0.25, 0.3) is 16.9 Å². The summed E-state index contributed by atoms with van der Waals surface area (Å²) in [4.78, 5) is 29.4. The molecule has 124 valence electrons. The minimum atomic E-state index is -0.269. The number of hydrogen-bond donors (Lipinski definition) is 1. The molecule has 0 radical (unpaired) electrons. The Bertz CT molecular complexity index is 910. The Balaban J connectivity index is 2.05. The fraction of sp³-hybridized carbons (Fsp3) is 0.278. The second-order valence-electron chi connectivity index (χ2n) is 6.08. The number of para-hydroxylation sites is 1. The summed E-state index contributed by atoms with van der Waals surface area (Å²) in [6.07, 6.45) is 1.64. The minimum absolute atomic E-state index is 0.0203. The van der Waals surface area contributed by atoms with Crippen molar-refractivity contribution in [1.29, 1.82) is 0 Å². The number of pyridine rings is 1. The lowest BCUT2D eigenvalue weighted by atomic mass is 10.2. The summed E-state index contributed by atoms with van der Waals surface area (Å²) < 4.78 is 3.00. The van der Waals surface area contributed by atoms with Gasteiger partial charge in [-0.1, -0.05) is 32.0 Å². The second kappa shape index (κ2) is 6.70. The summed E-state index contributed by atoms with van der Waals surface area (Å²) in [6.45, 7) is 4.62. The van der Waals surface area contributed by atoms with Crippen LogP contribution in [0.5, 0.6) is 0 Å². The van der Waals surface area contributed by atoms with Crippen LogP contribution in [0, 0.1) is 5.92 Å². The maximum atomic E-state index is 12.9. The molecule has 24 heavy (non-hydrogen) atoms. The monoisotopic (exact) mass is 324 g/mol. The van der Waals surface area contributed by atoms with Crippen LogP contribution in [0.15, 0.2) is 53.5 Å². The lowest BCUT2D eigenvalue weighted by Gasteiger charge is -2.08. The predicted molar refractivity (Wildman–Crippen MR) is 93.2 cm³/mol. The van der Waals surface area contributed by atoms with E-state index in [9.17, 15) is 9.59 Å². The zero-order chi connectivity index (χ0) is 17.1. The summed E-state index contributed by atoms with van der Waals surface area (Å²) in [5.74, 6) is 0.180. The summed E-state index contributed by atoms with van der Waals surface area (Å²) in [5.41, 5.74) is 1.65. The van der Waals surface area contributed by atoms with Crippen LogP contribution in [-0.4, -0.2) is 26.6 Å². The Morgan fingerprint density at radius 2 is 1.92 bits per heavy atom. The van der Waals surface area contributed by atoms with Gasteiger partial charge < -0.3 is 5.32 Å². The van der Waals surface area contributed by atoms with E-state index < -0.39 is 0 Å². The van der Waals surface area contributed by atoms with Crippen molar-refractivity contribution in [3.05, 3.63) is 59.1 Å². The highest BCUT2D eigenvalue weighted by atomic mass is 16.2. The summed E-state index contributed by atoms with van der Waals surface area (Å²) in [5, 5.41) is 2.84. The average molecular weight is 324 g/mol. The van der Waals surface area contributed by atoms with E-state index in [1.165, 1.54) is 9.13 Å². The number of rotatable bonds is 5. The molecular formula is C18H20N4O2. The van der Waals surface area contributed by atoms with Crippen molar-refractivity contribution in [3.8, 4) is 5.69 Å². The molecule has 0 bridgehead atoms. The maximum Gasteiger partial charge on any atom is 0.335 e. The third-order valence-corrected chi connectivity index (χ3v) is 3.71. The van der Waals surface area contributed by atoms with Gasteiger partial charge in [0.25, 0.3) is 0 Å². The van der Waals surface area contributed by atoms with E-state index >= 15 is 0 Å². The van der Waals surface area contributed by atoms with Crippen molar-refractivity contribution in [2.75, 3.05) is 6.54 Å². The molecule has 0 fully saturated rings. The van der Waals surface area contributed by atoms with Crippen LogP contribution < -0.4 is 11.0 Å². The largest absolute Gasteiger partial charge is 0.354 e. The van der Waals surface area contributed by atoms with Crippen LogP contribution in [0.3, 0.4) is 0 Å². The molecule has 0 unspecified atom stereocenters. The third kappa shape index (κ3) is 3.08. The average Bonchev–Trinajstić information content (AvgIpc) is 2.86. The Morgan fingerprint density at radius 1 is 1.17 bits per heavy atom. The van der Waals surface area contributed by atoms with Gasteiger partial charge in [0.05, 0.1) is 11.2 Å². The highest BCUT2D eigenvalue weighted by molar-refractivity contribution is 5.80. The smallest absolute Gasteiger partial charge is 0.335 e. The van der Waals surface area contributed by atoms with E-state index in [-0.39, 0.29) is 18.1 Å². The van der Waals surface area contributed by atoms with Crippen molar-refractivity contribution in [2.24, 2.45) is 5.92 Å². The topological polar surface area (TPSA) is 68.9 Å². The summed E-state index contributed by atoms with van der Waals surface area (Å²) in [7, 11) is 0. The Hall–Kier alpha value is -2.89. The minimum Gasteiger partial charge on any atom is -0.354 e. The fourth-order valence-corrected chi connectivity index (χ4v) is 2.57. The molecule has 0 aliphatic heterocycles. The van der Waals surface area contributed by atoms with Gasteiger partial charge in [0.1, 0.15) is 6.54 Å². The van der Waals surface area contributed by atoms with Crippen LogP contribution in [0.4, 0.5) is 0 Å². The number of aromatic nitrogens is 3. The lowest BCUT2D eigenvalue weighted by Crippen LogP contribution is -2.34. The van der Waals surface area contributed by atoms with Crippen molar-refractivity contribution in [2.45, 2.75) is 20.4 Å². The van der Waals surface area contributed by atoms with Gasteiger partial charge in [0, 0.05) is 12.7 Å². The van der Waals surface area contributed by atoms with Crippen LogP contribution in [0.1, 0.15) is 13.8 Å². The molecule has 0 atom stereocenters. The molecule has 0 aliphatic carbocycles.